The molecular formula is C25H25ClN6O. The van der Waals surface area contributed by atoms with E-state index in [2.05, 4.69) is 45.4 Å². The van der Waals surface area contributed by atoms with Gasteiger partial charge >= 0.3 is 0 Å². The number of aromatic nitrogens is 3. The van der Waals surface area contributed by atoms with Gasteiger partial charge in [0.15, 0.2) is 5.65 Å². The van der Waals surface area contributed by atoms with Crippen molar-refractivity contribution in [1.29, 1.82) is 0 Å². The highest BCUT2D eigenvalue weighted by Crippen LogP contribution is 2.30. The molecule has 0 unspecified atom stereocenters. The summed E-state index contributed by atoms with van der Waals surface area (Å²) < 4.78 is 1.66. The van der Waals surface area contributed by atoms with Gasteiger partial charge in [-0.3, -0.25) is 4.79 Å². The summed E-state index contributed by atoms with van der Waals surface area (Å²) in [5, 5.41) is 8.07. The lowest BCUT2D eigenvalue weighted by Crippen LogP contribution is -2.31. The number of carbonyl (C=O) groups excluding carboxylic acids is 1. The van der Waals surface area contributed by atoms with Crippen LogP contribution < -0.4 is 10.2 Å². The number of rotatable bonds is 5. The summed E-state index contributed by atoms with van der Waals surface area (Å²) >= 11 is 6.16. The third-order valence-corrected chi connectivity index (χ3v) is 6.36. The average molecular weight is 461 g/mol. The Bertz CT molecular complexity index is 1320. The molecule has 0 radical (unpaired) electrons. The lowest BCUT2D eigenvalue weighted by molar-refractivity contribution is 0.102. The van der Waals surface area contributed by atoms with E-state index in [4.69, 9.17) is 11.6 Å². The molecule has 1 aliphatic rings. The van der Waals surface area contributed by atoms with Crippen molar-refractivity contribution >= 4 is 34.5 Å². The van der Waals surface area contributed by atoms with E-state index >= 15 is 0 Å². The van der Waals surface area contributed by atoms with Gasteiger partial charge in [0.2, 0.25) is 0 Å². The van der Waals surface area contributed by atoms with E-state index in [1.807, 2.05) is 42.5 Å². The first-order valence-electron chi connectivity index (χ1n) is 10.9. The van der Waals surface area contributed by atoms with Gasteiger partial charge in [-0.15, -0.1) is 0 Å². The summed E-state index contributed by atoms with van der Waals surface area (Å²) in [7, 11) is 4.22. The molecule has 2 aromatic carbocycles. The second-order valence-corrected chi connectivity index (χ2v) is 8.91. The Kier molecular flexibility index (Phi) is 5.74. The van der Waals surface area contributed by atoms with Gasteiger partial charge in [0.05, 0.1) is 17.6 Å². The Hall–Kier alpha value is -3.42. The van der Waals surface area contributed by atoms with Gasteiger partial charge in [0.25, 0.3) is 5.91 Å². The lowest BCUT2D eigenvalue weighted by Gasteiger charge is -2.24. The highest BCUT2D eigenvalue weighted by atomic mass is 35.5. The molecule has 1 N–H and O–H groups in total. The number of nitrogens with zero attached hydrogens (tertiary/aromatic N) is 5. The van der Waals surface area contributed by atoms with Crippen molar-refractivity contribution in [2.45, 2.75) is 12.5 Å². The van der Waals surface area contributed by atoms with Crippen molar-refractivity contribution in [2.75, 3.05) is 37.4 Å². The normalized spacial score (nSPS) is 16.0. The molecule has 33 heavy (non-hydrogen) atoms. The second kappa shape index (κ2) is 8.84. The zero-order valence-corrected chi connectivity index (χ0v) is 19.3. The molecular weight excluding hydrogens is 436 g/mol. The fraction of sp³-hybridized carbons (Fsp3) is 0.240. The Morgan fingerprint density at radius 2 is 2.00 bits per heavy atom. The first-order chi connectivity index (χ1) is 16.0. The number of nitrogens with one attached hydrogen (secondary N) is 1. The van der Waals surface area contributed by atoms with Crippen molar-refractivity contribution < 1.29 is 4.79 Å². The molecule has 8 heteroatoms. The Labute approximate surface area is 197 Å². The van der Waals surface area contributed by atoms with E-state index in [0.717, 1.165) is 42.0 Å². The van der Waals surface area contributed by atoms with Crippen LogP contribution in [0.3, 0.4) is 0 Å². The average Bonchev–Trinajstić information content (AvgIpc) is 3.47. The van der Waals surface area contributed by atoms with Crippen LogP contribution in [0.25, 0.3) is 16.8 Å². The number of amides is 1. The van der Waals surface area contributed by atoms with Crippen LogP contribution in [0, 0.1) is 0 Å². The molecule has 1 fully saturated rings. The highest BCUT2D eigenvalue weighted by Gasteiger charge is 2.26. The van der Waals surface area contributed by atoms with Crippen molar-refractivity contribution in [3.8, 4) is 11.1 Å². The fourth-order valence-electron chi connectivity index (χ4n) is 4.28. The van der Waals surface area contributed by atoms with Crippen LogP contribution in [0.1, 0.15) is 16.9 Å². The number of halogens is 1. The summed E-state index contributed by atoms with van der Waals surface area (Å²) in [6.07, 6.45) is 4.58. The standard InChI is InChI=1S/C25H25ClN6O/c1-30(2)19-10-12-31(16-19)23-9-4-3-8-21(23)29-25(33)22-11-13-32-24(28-22)20(15-27-32)17-6-5-7-18(26)14-17/h3-9,11,13-15,19H,10,12,16H2,1-2H3,(H,29,33)/t19-/m0/s1. The first-order valence-corrected chi connectivity index (χ1v) is 11.3. The summed E-state index contributed by atoms with van der Waals surface area (Å²) in [6, 6.07) is 17.6. The van der Waals surface area contributed by atoms with Crippen molar-refractivity contribution in [3.05, 3.63) is 77.7 Å². The van der Waals surface area contributed by atoms with E-state index in [1.165, 1.54) is 0 Å². The molecule has 0 aliphatic carbocycles. The minimum absolute atomic E-state index is 0.258. The zero-order chi connectivity index (χ0) is 22.9. The van der Waals surface area contributed by atoms with Crippen LogP contribution in [-0.4, -0.2) is 58.6 Å². The Morgan fingerprint density at radius 1 is 1.15 bits per heavy atom. The largest absolute Gasteiger partial charge is 0.368 e. The number of fused-ring (bicyclic) bond motifs is 1. The van der Waals surface area contributed by atoms with Crippen LogP contribution in [0.15, 0.2) is 67.0 Å². The molecule has 0 bridgehead atoms. The predicted molar refractivity (Wildman–Crippen MR) is 132 cm³/mol. The third kappa shape index (κ3) is 4.29. The summed E-state index contributed by atoms with van der Waals surface area (Å²) in [5.74, 6) is -0.258. The third-order valence-electron chi connectivity index (χ3n) is 6.12. The van der Waals surface area contributed by atoms with Gasteiger partial charge in [-0.2, -0.15) is 5.10 Å². The summed E-state index contributed by atoms with van der Waals surface area (Å²) in [4.78, 5) is 22.4. The number of hydrogen-bond acceptors (Lipinski definition) is 5. The van der Waals surface area contributed by atoms with E-state index in [0.29, 0.717) is 22.4 Å². The maximum atomic E-state index is 13.2. The molecule has 5 rings (SSSR count). The van der Waals surface area contributed by atoms with Crippen LogP contribution in [0.4, 0.5) is 11.4 Å². The maximum absolute atomic E-state index is 13.2. The lowest BCUT2D eigenvalue weighted by atomic mass is 10.1. The molecule has 7 nitrogen and oxygen atoms in total. The van der Waals surface area contributed by atoms with Crippen LogP contribution >= 0.6 is 11.6 Å². The monoisotopic (exact) mass is 460 g/mol. The second-order valence-electron chi connectivity index (χ2n) is 8.47. The number of benzene rings is 2. The maximum Gasteiger partial charge on any atom is 0.274 e. The van der Waals surface area contributed by atoms with Gasteiger partial charge in [-0.25, -0.2) is 9.50 Å². The SMILES string of the molecule is CN(C)[C@H]1CCN(c2ccccc2NC(=O)c2ccn3ncc(-c4cccc(Cl)c4)c3n2)C1. The number of likely N-dealkylation sites (N-methyl/N-ethyl adjacent to an activating group) is 1. The van der Waals surface area contributed by atoms with Gasteiger partial charge in [-0.05, 0) is 56.4 Å². The van der Waals surface area contributed by atoms with E-state index in [9.17, 15) is 4.79 Å². The number of hydrogen-bond donors (Lipinski definition) is 1. The summed E-state index contributed by atoms with van der Waals surface area (Å²) in [6.45, 7) is 1.89. The van der Waals surface area contributed by atoms with Crippen molar-refractivity contribution in [1.82, 2.24) is 19.5 Å². The van der Waals surface area contributed by atoms with E-state index < -0.39 is 0 Å². The molecule has 4 aromatic rings. The number of anilines is 2. The molecule has 1 atom stereocenters. The smallest absolute Gasteiger partial charge is 0.274 e. The van der Waals surface area contributed by atoms with Gasteiger partial charge in [0, 0.05) is 35.9 Å². The molecule has 2 aromatic heterocycles. The molecule has 3 heterocycles. The fourth-order valence-corrected chi connectivity index (χ4v) is 4.47. The van der Waals surface area contributed by atoms with E-state index in [1.54, 1.807) is 23.0 Å². The molecule has 1 aliphatic heterocycles. The van der Waals surface area contributed by atoms with E-state index in [-0.39, 0.29) is 5.91 Å². The van der Waals surface area contributed by atoms with Crippen LogP contribution in [0.5, 0.6) is 0 Å². The topological polar surface area (TPSA) is 65.8 Å². The minimum atomic E-state index is -0.258. The molecule has 0 saturated carbocycles. The number of carbonyl (C=O) groups is 1. The number of para-hydroxylation sites is 2. The van der Waals surface area contributed by atoms with Crippen molar-refractivity contribution in [2.24, 2.45) is 0 Å². The van der Waals surface area contributed by atoms with Crippen LogP contribution in [0.2, 0.25) is 5.02 Å². The highest BCUT2D eigenvalue weighted by molar-refractivity contribution is 6.30. The molecule has 1 amide bonds. The Morgan fingerprint density at radius 3 is 2.79 bits per heavy atom. The van der Waals surface area contributed by atoms with Gasteiger partial charge in [0.1, 0.15) is 5.69 Å². The van der Waals surface area contributed by atoms with Crippen molar-refractivity contribution in [3.63, 3.8) is 0 Å². The first kappa shape index (κ1) is 21.4. The quantitative estimate of drug-likeness (QED) is 0.477. The van der Waals surface area contributed by atoms with Gasteiger partial charge < -0.3 is 15.1 Å². The minimum Gasteiger partial charge on any atom is -0.368 e. The van der Waals surface area contributed by atoms with Gasteiger partial charge in [-0.1, -0.05) is 35.9 Å². The Balaban J connectivity index is 1.42. The zero-order valence-electron chi connectivity index (χ0n) is 18.6. The summed E-state index contributed by atoms with van der Waals surface area (Å²) in [5.41, 5.74) is 4.46. The molecule has 0 spiro atoms. The predicted octanol–water partition coefficient (Wildman–Crippen LogP) is 4.44. The molecule has 1 saturated heterocycles. The molecule has 168 valence electrons. The van der Waals surface area contributed by atoms with Crippen LogP contribution in [-0.2, 0) is 0 Å².